The summed E-state index contributed by atoms with van der Waals surface area (Å²) in [4.78, 5) is 35.8. The SMILES string of the molecule is CCC(=O)NC1CCN(c2ccc([N+](=O)[O-])cc2C(=O)OC)CC1. The summed E-state index contributed by atoms with van der Waals surface area (Å²) in [5, 5.41) is 13.9. The van der Waals surface area contributed by atoms with Crippen molar-refractivity contribution in [2.45, 2.75) is 32.2 Å². The highest BCUT2D eigenvalue weighted by molar-refractivity contribution is 5.96. The maximum atomic E-state index is 12.0. The minimum atomic E-state index is -0.602. The van der Waals surface area contributed by atoms with Crippen LogP contribution in [0.15, 0.2) is 18.2 Å². The van der Waals surface area contributed by atoms with Crippen molar-refractivity contribution in [2.24, 2.45) is 0 Å². The van der Waals surface area contributed by atoms with Gasteiger partial charge in [0.15, 0.2) is 0 Å². The zero-order valence-electron chi connectivity index (χ0n) is 13.8. The van der Waals surface area contributed by atoms with Gasteiger partial charge in [0, 0.05) is 37.7 Å². The first-order valence-corrected chi connectivity index (χ1v) is 7.87. The number of nitrogens with one attached hydrogen (secondary N) is 1. The second-order valence-corrected chi connectivity index (χ2v) is 5.63. The van der Waals surface area contributed by atoms with Crippen LogP contribution in [0.3, 0.4) is 0 Å². The van der Waals surface area contributed by atoms with Crippen LogP contribution in [0, 0.1) is 10.1 Å². The lowest BCUT2D eigenvalue weighted by atomic mass is 10.0. The first-order valence-electron chi connectivity index (χ1n) is 7.87. The summed E-state index contributed by atoms with van der Waals surface area (Å²) in [6.07, 6.45) is 1.96. The van der Waals surface area contributed by atoms with Crippen LogP contribution in [0.25, 0.3) is 0 Å². The van der Waals surface area contributed by atoms with Gasteiger partial charge in [-0.1, -0.05) is 6.92 Å². The number of piperidine rings is 1. The zero-order chi connectivity index (χ0) is 17.7. The standard InChI is InChI=1S/C16H21N3O5/c1-3-15(20)17-11-6-8-18(9-7-11)14-5-4-12(19(22)23)10-13(14)16(21)24-2/h4-5,10-11H,3,6-9H2,1-2H3,(H,17,20). The highest BCUT2D eigenvalue weighted by Gasteiger charge is 2.25. The van der Waals surface area contributed by atoms with E-state index in [1.165, 1.54) is 19.2 Å². The van der Waals surface area contributed by atoms with Crippen LogP contribution in [0.5, 0.6) is 0 Å². The van der Waals surface area contributed by atoms with E-state index in [9.17, 15) is 19.7 Å². The number of nitro benzene ring substituents is 1. The molecule has 8 nitrogen and oxygen atoms in total. The van der Waals surface area contributed by atoms with Crippen LogP contribution in [-0.2, 0) is 9.53 Å². The Bertz CT molecular complexity index is 639. The van der Waals surface area contributed by atoms with E-state index in [-0.39, 0.29) is 23.2 Å². The van der Waals surface area contributed by atoms with Gasteiger partial charge in [0.05, 0.1) is 23.3 Å². The lowest BCUT2D eigenvalue weighted by Crippen LogP contribution is -2.44. The number of nitro groups is 1. The summed E-state index contributed by atoms with van der Waals surface area (Å²) < 4.78 is 4.75. The third-order valence-electron chi connectivity index (χ3n) is 4.12. The van der Waals surface area contributed by atoms with E-state index in [1.807, 2.05) is 11.8 Å². The van der Waals surface area contributed by atoms with Gasteiger partial charge in [-0.3, -0.25) is 14.9 Å². The molecule has 1 N–H and O–H groups in total. The second kappa shape index (κ2) is 7.76. The molecule has 0 saturated carbocycles. The smallest absolute Gasteiger partial charge is 0.340 e. The van der Waals surface area contributed by atoms with Gasteiger partial charge < -0.3 is 15.0 Å². The Kier molecular flexibility index (Phi) is 5.73. The topological polar surface area (TPSA) is 102 Å². The van der Waals surface area contributed by atoms with Crippen molar-refractivity contribution in [1.82, 2.24) is 5.32 Å². The predicted molar refractivity (Wildman–Crippen MR) is 88.1 cm³/mol. The van der Waals surface area contributed by atoms with Crippen molar-refractivity contribution in [3.63, 3.8) is 0 Å². The number of esters is 1. The first kappa shape index (κ1) is 17.7. The largest absolute Gasteiger partial charge is 0.465 e. The molecular formula is C16H21N3O5. The monoisotopic (exact) mass is 335 g/mol. The summed E-state index contributed by atoms with van der Waals surface area (Å²) in [5.41, 5.74) is 0.653. The van der Waals surface area contributed by atoms with E-state index >= 15 is 0 Å². The quantitative estimate of drug-likeness (QED) is 0.501. The fourth-order valence-corrected chi connectivity index (χ4v) is 2.78. The molecule has 0 aliphatic carbocycles. The average molecular weight is 335 g/mol. The van der Waals surface area contributed by atoms with Crippen molar-refractivity contribution in [2.75, 3.05) is 25.1 Å². The van der Waals surface area contributed by atoms with Gasteiger partial charge >= 0.3 is 5.97 Å². The van der Waals surface area contributed by atoms with Gasteiger partial charge in [-0.15, -0.1) is 0 Å². The number of carbonyl (C=O) groups is 2. The van der Waals surface area contributed by atoms with Crippen LogP contribution in [0.2, 0.25) is 0 Å². The summed E-state index contributed by atoms with van der Waals surface area (Å²) in [6, 6.07) is 4.32. The van der Waals surface area contributed by atoms with Crippen molar-refractivity contribution >= 4 is 23.3 Å². The maximum absolute atomic E-state index is 12.0. The molecule has 1 aliphatic heterocycles. The molecule has 0 unspecified atom stereocenters. The maximum Gasteiger partial charge on any atom is 0.340 e. The number of hydrogen-bond acceptors (Lipinski definition) is 6. The fraction of sp³-hybridized carbons (Fsp3) is 0.500. The number of anilines is 1. The number of hydrogen-bond donors (Lipinski definition) is 1. The Hall–Kier alpha value is -2.64. The lowest BCUT2D eigenvalue weighted by molar-refractivity contribution is -0.384. The Morgan fingerprint density at radius 1 is 1.38 bits per heavy atom. The van der Waals surface area contributed by atoms with Gasteiger partial charge in [-0.05, 0) is 18.9 Å². The molecule has 1 heterocycles. The molecule has 0 bridgehead atoms. The number of nitrogens with zero attached hydrogens (tertiary/aromatic N) is 2. The molecule has 1 fully saturated rings. The summed E-state index contributed by atoms with van der Waals surface area (Å²) in [6.45, 7) is 3.11. The molecule has 8 heteroatoms. The molecule has 0 aromatic heterocycles. The number of ether oxygens (including phenoxy) is 1. The number of non-ortho nitro benzene ring substituents is 1. The molecule has 0 atom stereocenters. The van der Waals surface area contributed by atoms with E-state index in [0.717, 1.165) is 12.8 Å². The van der Waals surface area contributed by atoms with Crippen LogP contribution < -0.4 is 10.2 Å². The van der Waals surface area contributed by atoms with Gasteiger partial charge in [0.2, 0.25) is 5.91 Å². The van der Waals surface area contributed by atoms with Crippen molar-refractivity contribution in [3.05, 3.63) is 33.9 Å². The molecular weight excluding hydrogens is 314 g/mol. The van der Waals surface area contributed by atoms with Crippen LogP contribution in [0.4, 0.5) is 11.4 Å². The Morgan fingerprint density at radius 2 is 2.04 bits per heavy atom. The molecule has 1 amide bonds. The molecule has 24 heavy (non-hydrogen) atoms. The van der Waals surface area contributed by atoms with E-state index < -0.39 is 10.9 Å². The number of methoxy groups -OCH3 is 1. The lowest BCUT2D eigenvalue weighted by Gasteiger charge is -2.34. The van der Waals surface area contributed by atoms with Crippen LogP contribution in [-0.4, -0.2) is 43.0 Å². The number of benzene rings is 1. The average Bonchev–Trinajstić information content (AvgIpc) is 2.61. The van der Waals surface area contributed by atoms with E-state index in [2.05, 4.69) is 5.32 Å². The van der Waals surface area contributed by atoms with Crippen LogP contribution >= 0.6 is 0 Å². The van der Waals surface area contributed by atoms with Crippen molar-refractivity contribution in [1.29, 1.82) is 0 Å². The second-order valence-electron chi connectivity index (χ2n) is 5.63. The third-order valence-corrected chi connectivity index (χ3v) is 4.12. The normalized spacial score (nSPS) is 15.0. The van der Waals surface area contributed by atoms with E-state index in [1.54, 1.807) is 6.07 Å². The number of carbonyl (C=O) groups excluding carboxylic acids is 2. The number of rotatable bonds is 5. The summed E-state index contributed by atoms with van der Waals surface area (Å²) in [5.74, 6) is -0.575. The Balaban J connectivity index is 2.16. The molecule has 0 radical (unpaired) electrons. The van der Waals surface area contributed by atoms with Gasteiger partial charge in [0.25, 0.3) is 5.69 Å². The Labute approximate surface area is 139 Å². The fourth-order valence-electron chi connectivity index (χ4n) is 2.78. The van der Waals surface area contributed by atoms with E-state index in [0.29, 0.717) is 25.2 Å². The minimum Gasteiger partial charge on any atom is -0.465 e. The number of amides is 1. The molecule has 0 spiro atoms. The summed E-state index contributed by atoms with van der Waals surface area (Å²) >= 11 is 0. The highest BCUT2D eigenvalue weighted by Crippen LogP contribution is 2.28. The summed E-state index contributed by atoms with van der Waals surface area (Å²) in [7, 11) is 1.25. The van der Waals surface area contributed by atoms with Crippen LogP contribution in [0.1, 0.15) is 36.5 Å². The predicted octanol–water partition coefficient (Wildman–Crippen LogP) is 1.88. The molecule has 1 aromatic carbocycles. The van der Waals surface area contributed by atoms with Crippen molar-refractivity contribution in [3.8, 4) is 0 Å². The third kappa shape index (κ3) is 4.01. The Morgan fingerprint density at radius 3 is 2.58 bits per heavy atom. The van der Waals surface area contributed by atoms with E-state index in [4.69, 9.17) is 4.74 Å². The molecule has 2 rings (SSSR count). The zero-order valence-corrected chi connectivity index (χ0v) is 13.8. The highest BCUT2D eigenvalue weighted by atomic mass is 16.6. The van der Waals surface area contributed by atoms with Gasteiger partial charge in [-0.25, -0.2) is 4.79 Å². The molecule has 1 aliphatic rings. The minimum absolute atomic E-state index is 0.0269. The molecule has 130 valence electrons. The van der Waals surface area contributed by atoms with Gasteiger partial charge in [0.1, 0.15) is 0 Å². The first-order chi connectivity index (χ1) is 11.5. The molecule has 1 saturated heterocycles. The van der Waals surface area contributed by atoms with Gasteiger partial charge in [-0.2, -0.15) is 0 Å². The van der Waals surface area contributed by atoms with Crippen molar-refractivity contribution < 1.29 is 19.2 Å². The molecule has 1 aromatic rings.